The highest BCUT2D eigenvalue weighted by Gasteiger charge is 2.34. The lowest BCUT2D eigenvalue weighted by molar-refractivity contribution is 0.0917. The van der Waals surface area contributed by atoms with Crippen molar-refractivity contribution < 1.29 is 4.79 Å². The molecule has 0 spiro atoms. The third kappa shape index (κ3) is 3.95. The number of halogens is 1. The lowest BCUT2D eigenvalue weighted by Crippen LogP contribution is -2.37. The minimum Gasteiger partial charge on any atom is -0.350 e. The Hall–Kier alpha value is -1.09. The van der Waals surface area contributed by atoms with Crippen molar-refractivity contribution in [1.29, 1.82) is 0 Å². The lowest BCUT2D eigenvalue weighted by atomic mass is 9.78. The number of hydrogen-bond acceptors (Lipinski definition) is 2. The number of nitrogens with one attached hydrogen (secondary N) is 1. The van der Waals surface area contributed by atoms with Crippen LogP contribution < -0.4 is 5.32 Å². The molecule has 1 aliphatic rings. The molecule has 3 nitrogen and oxygen atoms in total. The molecular formula is C16H23ClN2O. The van der Waals surface area contributed by atoms with E-state index in [2.05, 4.69) is 24.1 Å². The highest BCUT2D eigenvalue weighted by Crippen LogP contribution is 2.42. The van der Waals surface area contributed by atoms with Crippen molar-refractivity contribution in [3.05, 3.63) is 29.0 Å². The molecule has 0 bridgehead atoms. The van der Waals surface area contributed by atoms with E-state index in [0.717, 1.165) is 6.54 Å². The van der Waals surface area contributed by atoms with Crippen LogP contribution in [0.25, 0.3) is 0 Å². The van der Waals surface area contributed by atoms with E-state index >= 15 is 0 Å². The number of carbonyl (C=O) groups is 1. The quantitative estimate of drug-likeness (QED) is 0.889. The summed E-state index contributed by atoms with van der Waals surface area (Å²) in [6.45, 7) is 5.25. The van der Waals surface area contributed by atoms with Gasteiger partial charge in [-0.2, -0.15) is 0 Å². The largest absolute Gasteiger partial charge is 0.350 e. The number of nitrogens with zero attached hydrogens (tertiary/aromatic N) is 1. The van der Waals surface area contributed by atoms with Crippen LogP contribution in [0.4, 0.5) is 0 Å². The van der Waals surface area contributed by atoms with Crippen molar-refractivity contribution >= 4 is 17.5 Å². The summed E-state index contributed by atoms with van der Waals surface area (Å²) in [6.07, 6.45) is 7.73. The van der Waals surface area contributed by atoms with Crippen LogP contribution in [0.3, 0.4) is 0 Å². The van der Waals surface area contributed by atoms with Gasteiger partial charge in [0.15, 0.2) is 0 Å². The van der Waals surface area contributed by atoms with Gasteiger partial charge in [0.25, 0.3) is 5.91 Å². The predicted molar refractivity (Wildman–Crippen MR) is 81.9 cm³/mol. The second kappa shape index (κ2) is 6.57. The Morgan fingerprint density at radius 3 is 2.75 bits per heavy atom. The van der Waals surface area contributed by atoms with E-state index in [-0.39, 0.29) is 11.3 Å². The summed E-state index contributed by atoms with van der Waals surface area (Å²) in [4.78, 5) is 16.2. The molecule has 1 amide bonds. The summed E-state index contributed by atoms with van der Waals surface area (Å²) in [7, 11) is 0. The fourth-order valence-corrected chi connectivity index (χ4v) is 3.49. The molecule has 1 aliphatic carbocycles. The molecule has 2 rings (SSSR count). The highest BCUT2D eigenvalue weighted by atomic mass is 35.5. The van der Waals surface area contributed by atoms with Crippen LogP contribution in [0.2, 0.25) is 5.02 Å². The Morgan fingerprint density at radius 1 is 1.45 bits per heavy atom. The maximum atomic E-state index is 12.1. The Balaban J connectivity index is 1.97. The third-order valence-electron chi connectivity index (χ3n) is 4.08. The van der Waals surface area contributed by atoms with Crippen molar-refractivity contribution in [3.8, 4) is 0 Å². The molecule has 1 aromatic rings. The normalized spacial score (nSPS) is 17.4. The van der Waals surface area contributed by atoms with Crippen molar-refractivity contribution in [2.75, 3.05) is 6.54 Å². The molecule has 1 fully saturated rings. The molecule has 1 N–H and O–H groups in total. The van der Waals surface area contributed by atoms with Gasteiger partial charge in [-0.3, -0.25) is 9.78 Å². The molecule has 20 heavy (non-hydrogen) atoms. The number of carbonyl (C=O) groups excluding carboxylic acids is 1. The van der Waals surface area contributed by atoms with Gasteiger partial charge in [0.1, 0.15) is 5.69 Å². The molecule has 0 aromatic carbocycles. The van der Waals surface area contributed by atoms with Crippen LogP contribution in [0, 0.1) is 11.3 Å². The maximum absolute atomic E-state index is 12.1. The van der Waals surface area contributed by atoms with Gasteiger partial charge in [0.05, 0.1) is 0 Å². The fraction of sp³-hybridized carbons (Fsp3) is 0.625. The van der Waals surface area contributed by atoms with Gasteiger partial charge in [0, 0.05) is 17.8 Å². The molecule has 4 heteroatoms. The van der Waals surface area contributed by atoms with Gasteiger partial charge < -0.3 is 5.32 Å². The van der Waals surface area contributed by atoms with Crippen LogP contribution >= 0.6 is 11.6 Å². The molecule has 0 unspecified atom stereocenters. The Bertz CT molecular complexity index is 467. The minimum atomic E-state index is -0.123. The zero-order valence-electron chi connectivity index (χ0n) is 12.3. The first-order valence-electron chi connectivity index (χ1n) is 7.40. The van der Waals surface area contributed by atoms with E-state index in [1.807, 2.05) is 0 Å². The van der Waals surface area contributed by atoms with Crippen LogP contribution in [0.5, 0.6) is 0 Å². The van der Waals surface area contributed by atoms with Gasteiger partial charge in [0.2, 0.25) is 0 Å². The molecule has 1 aromatic heterocycles. The average Bonchev–Trinajstić information content (AvgIpc) is 2.84. The number of pyridine rings is 1. The smallest absolute Gasteiger partial charge is 0.269 e. The van der Waals surface area contributed by atoms with Gasteiger partial charge in [-0.15, -0.1) is 0 Å². The number of hydrogen-bond donors (Lipinski definition) is 1. The van der Waals surface area contributed by atoms with Crippen LogP contribution in [0.15, 0.2) is 18.3 Å². The lowest BCUT2D eigenvalue weighted by Gasteiger charge is -2.31. The summed E-state index contributed by atoms with van der Waals surface area (Å²) >= 11 is 5.89. The molecule has 0 aliphatic heterocycles. The highest BCUT2D eigenvalue weighted by molar-refractivity contribution is 6.30. The predicted octanol–water partition coefficient (Wildman–Crippen LogP) is 4.07. The van der Waals surface area contributed by atoms with Crippen molar-refractivity contribution in [2.45, 2.75) is 46.0 Å². The van der Waals surface area contributed by atoms with E-state index < -0.39 is 0 Å². The Labute approximate surface area is 126 Å². The maximum Gasteiger partial charge on any atom is 0.269 e. The number of amides is 1. The summed E-state index contributed by atoms with van der Waals surface area (Å²) in [6, 6.07) is 3.29. The second-order valence-corrected chi connectivity index (χ2v) is 6.78. The molecule has 1 saturated carbocycles. The van der Waals surface area contributed by atoms with E-state index in [1.165, 1.54) is 32.1 Å². The van der Waals surface area contributed by atoms with Crippen molar-refractivity contribution in [3.63, 3.8) is 0 Å². The third-order valence-corrected chi connectivity index (χ3v) is 4.32. The molecule has 1 heterocycles. The van der Waals surface area contributed by atoms with E-state index in [4.69, 9.17) is 11.6 Å². The van der Waals surface area contributed by atoms with Gasteiger partial charge >= 0.3 is 0 Å². The standard InChI is InChI=1S/C16H23ClN2O/c1-12(2)10-16(6-3-4-7-16)11-19-15(20)14-9-13(17)5-8-18-14/h5,8-9,12H,3-4,6-7,10-11H2,1-2H3,(H,19,20). The van der Waals surface area contributed by atoms with E-state index in [9.17, 15) is 4.79 Å². The topological polar surface area (TPSA) is 42.0 Å². The van der Waals surface area contributed by atoms with Crippen molar-refractivity contribution in [1.82, 2.24) is 10.3 Å². The van der Waals surface area contributed by atoms with Crippen molar-refractivity contribution in [2.24, 2.45) is 11.3 Å². The van der Waals surface area contributed by atoms with E-state index in [0.29, 0.717) is 16.6 Å². The summed E-state index contributed by atoms with van der Waals surface area (Å²) in [5.41, 5.74) is 0.678. The number of aromatic nitrogens is 1. The van der Waals surface area contributed by atoms with Crippen LogP contribution in [-0.4, -0.2) is 17.4 Å². The molecular weight excluding hydrogens is 272 g/mol. The molecule has 0 saturated heterocycles. The Morgan fingerprint density at radius 2 is 2.15 bits per heavy atom. The van der Waals surface area contributed by atoms with E-state index in [1.54, 1.807) is 18.3 Å². The molecule has 0 radical (unpaired) electrons. The summed E-state index contributed by atoms with van der Waals surface area (Å²) in [5.74, 6) is 0.539. The van der Waals surface area contributed by atoms with Crippen LogP contribution in [0.1, 0.15) is 56.4 Å². The number of rotatable bonds is 5. The minimum absolute atomic E-state index is 0.123. The van der Waals surface area contributed by atoms with Gasteiger partial charge in [-0.1, -0.05) is 38.3 Å². The SMILES string of the molecule is CC(C)CC1(CNC(=O)c2cc(Cl)ccn2)CCCC1. The first-order chi connectivity index (χ1) is 9.51. The zero-order chi connectivity index (χ0) is 14.6. The second-order valence-electron chi connectivity index (χ2n) is 6.35. The summed E-state index contributed by atoms with van der Waals surface area (Å²) < 4.78 is 0. The van der Waals surface area contributed by atoms with Gasteiger partial charge in [-0.25, -0.2) is 0 Å². The zero-order valence-corrected chi connectivity index (χ0v) is 13.0. The fourth-order valence-electron chi connectivity index (χ4n) is 3.33. The monoisotopic (exact) mass is 294 g/mol. The average molecular weight is 295 g/mol. The molecule has 0 atom stereocenters. The Kier molecular flexibility index (Phi) is 5.03. The first kappa shape index (κ1) is 15.3. The van der Waals surface area contributed by atoms with Gasteiger partial charge in [-0.05, 0) is 42.7 Å². The molecule has 110 valence electrons. The first-order valence-corrected chi connectivity index (χ1v) is 7.78. The summed E-state index contributed by atoms with van der Waals surface area (Å²) in [5, 5.41) is 3.60. The van der Waals surface area contributed by atoms with Crippen LogP contribution in [-0.2, 0) is 0 Å².